The van der Waals surface area contributed by atoms with Gasteiger partial charge in [-0.3, -0.25) is 14.5 Å². The number of hydrogen-bond acceptors (Lipinski definition) is 3. The molecule has 1 aliphatic rings. The number of benzene rings is 2. The molecule has 1 atom stereocenters. The largest absolute Gasteiger partial charge is 0.325 e. The van der Waals surface area contributed by atoms with E-state index < -0.39 is 5.41 Å². The molecule has 0 aliphatic carbocycles. The molecule has 1 heterocycles. The Bertz CT molecular complexity index is 913. The number of rotatable bonds is 5. The van der Waals surface area contributed by atoms with E-state index in [-0.39, 0.29) is 23.1 Å². The Labute approximate surface area is 175 Å². The third kappa shape index (κ3) is 4.06. The quantitative estimate of drug-likeness (QED) is 0.674. The molecular weight excluding hydrogens is 392 g/mol. The molecule has 148 valence electrons. The number of para-hydroxylation sites is 1. The summed E-state index contributed by atoms with van der Waals surface area (Å²) in [6.07, 6.45) is 0. The van der Waals surface area contributed by atoms with Gasteiger partial charge in [-0.15, -0.1) is 23.4 Å². The molecule has 3 rings (SSSR count). The van der Waals surface area contributed by atoms with Crippen molar-refractivity contribution < 1.29 is 9.59 Å². The highest BCUT2D eigenvalue weighted by Crippen LogP contribution is 2.45. The van der Waals surface area contributed by atoms with E-state index in [0.717, 1.165) is 22.4 Å². The summed E-state index contributed by atoms with van der Waals surface area (Å²) >= 11 is 7.53. The Morgan fingerprint density at radius 1 is 1.25 bits per heavy atom. The molecule has 2 aromatic carbocycles. The number of alkyl halides is 1. The van der Waals surface area contributed by atoms with Gasteiger partial charge in [0, 0.05) is 22.8 Å². The first-order chi connectivity index (χ1) is 13.2. The molecule has 0 unspecified atom stereocenters. The van der Waals surface area contributed by atoms with E-state index in [1.807, 2.05) is 69.0 Å². The minimum Gasteiger partial charge on any atom is -0.325 e. The Balaban J connectivity index is 1.98. The first-order valence-corrected chi connectivity index (χ1v) is 10.8. The van der Waals surface area contributed by atoms with Crippen LogP contribution in [0.1, 0.15) is 35.9 Å². The standard InChI is InChI=1S/C22H25ClN2O2S/c1-14-9-10-18(15(2)11-14)25-19(26)12-28-20(25)16-7-5-6-8-17(16)24-21(27)22(3,4)13-23/h5-11,20H,12-13H2,1-4H3,(H,24,27)/t20-/m0/s1. The lowest BCUT2D eigenvalue weighted by Crippen LogP contribution is -2.33. The lowest BCUT2D eigenvalue weighted by atomic mass is 9.95. The number of halogens is 1. The van der Waals surface area contributed by atoms with Crippen LogP contribution in [0.2, 0.25) is 0 Å². The first kappa shape index (κ1) is 20.7. The molecule has 2 aromatic rings. The highest BCUT2D eigenvalue weighted by atomic mass is 35.5. The molecule has 1 fully saturated rings. The van der Waals surface area contributed by atoms with Crippen LogP contribution < -0.4 is 10.2 Å². The summed E-state index contributed by atoms with van der Waals surface area (Å²) in [4.78, 5) is 27.2. The van der Waals surface area contributed by atoms with Gasteiger partial charge in [0.15, 0.2) is 0 Å². The minimum absolute atomic E-state index is 0.0733. The van der Waals surface area contributed by atoms with Gasteiger partial charge in [-0.2, -0.15) is 0 Å². The monoisotopic (exact) mass is 416 g/mol. The number of amides is 2. The van der Waals surface area contributed by atoms with E-state index in [4.69, 9.17) is 11.6 Å². The van der Waals surface area contributed by atoms with Crippen molar-refractivity contribution in [1.82, 2.24) is 0 Å². The number of anilines is 2. The van der Waals surface area contributed by atoms with Crippen LogP contribution >= 0.6 is 23.4 Å². The molecule has 1 aliphatic heterocycles. The van der Waals surface area contributed by atoms with E-state index in [0.29, 0.717) is 11.4 Å². The van der Waals surface area contributed by atoms with Crippen LogP contribution in [0.4, 0.5) is 11.4 Å². The molecular formula is C22H25ClN2O2S. The van der Waals surface area contributed by atoms with Gasteiger partial charge in [0.25, 0.3) is 0 Å². The zero-order valence-electron chi connectivity index (χ0n) is 16.6. The molecule has 0 aromatic heterocycles. The molecule has 0 saturated carbocycles. The third-order valence-electron chi connectivity index (χ3n) is 4.90. The van der Waals surface area contributed by atoms with Crippen LogP contribution in [0.3, 0.4) is 0 Å². The summed E-state index contributed by atoms with van der Waals surface area (Å²) in [5.74, 6) is 0.575. The molecule has 1 saturated heterocycles. The minimum atomic E-state index is -0.680. The summed E-state index contributed by atoms with van der Waals surface area (Å²) in [6.45, 7) is 7.69. The van der Waals surface area contributed by atoms with Gasteiger partial charge in [0.1, 0.15) is 5.37 Å². The van der Waals surface area contributed by atoms with Gasteiger partial charge >= 0.3 is 0 Å². The molecule has 0 bridgehead atoms. The highest BCUT2D eigenvalue weighted by Gasteiger charge is 2.36. The fourth-order valence-electron chi connectivity index (χ4n) is 3.17. The van der Waals surface area contributed by atoms with Crippen molar-refractivity contribution in [2.24, 2.45) is 5.41 Å². The van der Waals surface area contributed by atoms with E-state index in [1.165, 1.54) is 0 Å². The number of aryl methyl sites for hydroxylation is 2. The van der Waals surface area contributed by atoms with Gasteiger partial charge in [0.05, 0.1) is 11.2 Å². The van der Waals surface area contributed by atoms with Crippen LogP contribution in [-0.4, -0.2) is 23.4 Å². The lowest BCUT2D eigenvalue weighted by Gasteiger charge is -2.28. The van der Waals surface area contributed by atoms with Gasteiger partial charge in [0.2, 0.25) is 11.8 Å². The van der Waals surface area contributed by atoms with Crippen LogP contribution in [0.15, 0.2) is 42.5 Å². The number of nitrogens with one attached hydrogen (secondary N) is 1. The molecule has 6 heteroatoms. The fraction of sp³-hybridized carbons (Fsp3) is 0.364. The van der Waals surface area contributed by atoms with E-state index >= 15 is 0 Å². The molecule has 1 N–H and O–H groups in total. The average molecular weight is 417 g/mol. The van der Waals surface area contributed by atoms with Gasteiger partial charge in [-0.05, 0) is 45.4 Å². The summed E-state index contributed by atoms with van der Waals surface area (Å²) in [6, 6.07) is 13.8. The van der Waals surface area contributed by atoms with Crippen molar-refractivity contribution in [3.05, 3.63) is 59.2 Å². The van der Waals surface area contributed by atoms with Crippen molar-refractivity contribution in [1.29, 1.82) is 0 Å². The fourth-order valence-corrected chi connectivity index (χ4v) is 4.49. The van der Waals surface area contributed by atoms with Crippen LogP contribution in [0, 0.1) is 19.3 Å². The van der Waals surface area contributed by atoms with Crippen molar-refractivity contribution in [2.75, 3.05) is 21.8 Å². The molecule has 4 nitrogen and oxygen atoms in total. The zero-order valence-corrected chi connectivity index (χ0v) is 18.2. The predicted octanol–water partition coefficient (Wildman–Crippen LogP) is 5.29. The van der Waals surface area contributed by atoms with Crippen LogP contribution in [-0.2, 0) is 9.59 Å². The second-order valence-corrected chi connectivity index (χ2v) is 9.11. The maximum atomic E-state index is 12.7. The molecule has 28 heavy (non-hydrogen) atoms. The number of thioether (sulfide) groups is 1. The molecule has 0 spiro atoms. The number of carbonyl (C=O) groups is 2. The van der Waals surface area contributed by atoms with E-state index in [2.05, 4.69) is 11.4 Å². The van der Waals surface area contributed by atoms with Gasteiger partial charge < -0.3 is 5.32 Å². The third-order valence-corrected chi connectivity index (χ3v) is 6.77. The molecule has 2 amide bonds. The molecule has 0 radical (unpaired) electrons. The number of hydrogen-bond donors (Lipinski definition) is 1. The van der Waals surface area contributed by atoms with Gasteiger partial charge in [-0.1, -0.05) is 35.9 Å². The van der Waals surface area contributed by atoms with Crippen LogP contribution in [0.25, 0.3) is 0 Å². The SMILES string of the molecule is Cc1ccc(N2C(=O)CS[C@H]2c2ccccc2NC(=O)C(C)(C)CCl)c(C)c1. The highest BCUT2D eigenvalue weighted by molar-refractivity contribution is 8.00. The lowest BCUT2D eigenvalue weighted by molar-refractivity contribution is -0.123. The zero-order chi connectivity index (χ0) is 20.5. The summed E-state index contributed by atoms with van der Waals surface area (Å²) in [5, 5.41) is 2.82. The average Bonchev–Trinajstić information content (AvgIpc) is 3.03. The van der Waals surface area contributed by atoms with Crippen LogP contribution in [0.5, 0.6) is 0 Å². The first-order valence-electron chi connectivity index (χ1n) is 9.22. The second-order valence-electron chi connectivity index (χ2n) is 7.78. The summed E-state index contributed by atoms with van der Waals surface area (Å²) in [7, 11) is 0. The summed E-state index contributed by atoms with van der Waals surface area (Å²) < 4.78 is 0. The Hall–Kier alpha value is -1.98. The van der Waals surface area contributed by atoms with Crippen molar-refractivity contribution in [3.8, 4) is 0 Å². The predicted molar refractivity (Wildman–Crippen MR) is 118 cm³/mol. The topological polar surface area (TPSA) is 49.4 Å². The maximum Gasteiger partial charge on any atom is 0.238 e. The smallest absolute Gasteiger partial charge is 0.238 e. The van der Waals surface area contributed by atoms with E-state index in [9.17, 15) is 9.59 Å². The van der Waals surface area contributed by atoms with Crippen molar-refractivity contribution in [2.45, 2.75) is 33.1 Å². The van der Waals surface area contributed by atoms with Gasteiger partial charge in [-0.25, -0.2) is 0 Å². The Morgan fingerprint density at radius 3 is 2.64 bits per heavy atom. The van der Waals surface area contributed by atoms with Crippen molar-refractivity contribution in [3.63, 3.8) is 0 Å². The Morgan fingerprint density at radius 2 is 1.96 bits per heavy atom. The summed E-state index contributed by atoms with van der Waals surface area (Å²) in [5.41, 5.74) is 4.08. The second kappa shape index (κ2) is 8.18. The van der Waals surface area contributed by atoms with E-state index in [1.54, 1.807) is 11.8 Å². The number of carbonyl (C=O) groups excluding carboxylic acids is 2. The van der Waals surface area contributed by atoms with Crippen molar-refractivity contribution >= 4 is 46.6 Å². The maximum absolute atomic E-state index is 12.7. The number of nitrogens with zero attached hydrogens (tertiary/aromatic N) is 1. The normalized spacial score (nSPS) is 17.1. The Kier molecular flexibility index (Phi) is 6.06.